The Morgan fingerprint density at radius 3 is 1.21 bits per heavy atom. The van der Waals surface area contributed by atoms with Crippen LogP contribution in [0.2, 0.25) is 0 Å². The second-order valence-corrected chi connectivity index (χ2v) is 33.3. The Labute approximate surface area is 783 Å². The van der Waals surface area contributed by atoms with E-state index in [1.807, 2.05) is 0 Å². The first-order valence-corrected chi connectivity index (χ1v) is 46.0. The molecule has 0 unspecified atom stereocenters. The maximum atomic E-state index is 14.2. The highest BCUT2D eigenvalue weighted by atomic mass is 16.5. The molecule has 3 fully saturated rings. The number of carbonyl (C=O) groups excluding carboxylic acids is 10. The maximum absolute atomic E-state index is 14.2. The van der Waals surface area contributed by atoms with Gasteiger partial charge in [-0.3, -0.25) is 52.8 Å². The summed E-state index contributed by atoms with van der Waals surface area (Å²) in [5.74, 6) is -2.36. The molecular weight excluding hydrogens is 1770 g/mol. The predicted molar refractivity (Wildman–Crippen MR) is 485 cm³/mol. The molecule has 748 valence electrons. The van der Waals surface area contributed by atoms with Crippen molar-refractivity contribution in [3.8, 4) is 17.2 Å². The molecule has 44 heteroatoms. The van der Waals surface area contributed by atoms with Crippen LogP contribution in [0.15, 0.2) is 115 Å². The zero-order valence-corrected chi connectivity index (χ0v) is 76.2. The molecule has 44 nitrogen and oxygen atoms in total. The monoisotopic (exact) mass is 1900 g/mol. The summed E-state index contributed by atoms with van der Waals surface area (Å²) in [6.07, 6.45) is 5.81. The molecule has 0 aliphatic carbocycles. The van der Waals surface area contributed by atoms with E-state index in [0.29, 0.717) is 97.4 Å². The maximum Gasteiger partial charge on any atom is 0.253 e. The third-order valence-corrected chi connectivity index (χ3v) is 22.5. The molecule has 4 aromatic rings. The third kappa shape index (κ3) is 39.3. The summed E-state index contributed by atoms with van der Waals surface area (Å²) >= 11 is 0. The minimum atomic E-state index is -1.42. The lowest BCUT2D eigenvalue weighted by atomic mass is 9.98. The van der Waals surface area contributed by atoms with Crippen LogP contribution < -0.4 is 78.8 Å². The molecule has 12 atom stereocenters. The number of carbonyl (C=O) groups is 10. The minimum absolute atomic E-state index is 0.0140. The quantitative estimate of drug-likeness (QED) is 0.0158. The lowest BCUT2D eigenvalue weighted by molar-refractivity contribution is -0.171. The zero-order valence-electron chi connectivity index (χ0n) is 76.2. The molecule has 0 saturated carbocycles. The van der Waals surface area contributed by atoms with Crippen LogP contribution >= 0.6 is 0 Å². The smallest absolute Gasteiger partial charge is 0.253 e. The van der Waals surface area contributed by atoms with Gasteiger partial charge in [0.15, 0.2) is 0 Å². The van der Waals surface area contributed by atoms with Crippen molar-refractivity contribution in [2.24, 2.45) is 11.5 Å². The average molecular weight is 1900 g/mol. The van der Waals surface area contributed by atoms with Crippen molar-refractivity contribution in [3.63, 3.8) is 0 Å². The molecule has 4 aliphatic rings. The van der Waals surface area contributed by atoms with Crippen molar-refractivity contribution >= 4 is 59.1 Å². The number of benzene rings is 3. The fourth-order valence-electron chi connectivity index (χ4n) is 14.5. The van der Waals surface area contributed by atoms with Crippen LogP contribution in [0.1, 0.15) is 165 Å². The summed E-state index contributed by atoms with van der Waals surface area (Å²) in [7, 11) is 0. The number of amides is 10. The van der Waals surface area contributed by atoms with Crippen LogP contribution in [-0.2, 0) is 68.6 Å². The number of nitrogens with zero attached hydrogens (tertiary/aromatic N) is 4. The summed E-state index contributed by atoms with van der Waals surface area (Å²) in [4.78, 5) is 131. The van der Waals surface area contributed by atoms with Gasteiger partial charge >= 0.3 is 0 Å². The summed E-state index contributed by atoms with van der Waals surface area (Å²) in [5, 5.41) is 127. The van der Waals surface area contributed by atoms with Gasteiger partial charge in [0.05, 0.1) is 109 Å². The van der Waals surface area contributed by atoms with E-state index in [2.05, 4.69) is 63.5 Å². The number of aliphatic hydroxyl groups excluding tert-OH is 9. The molecule has 3 aromatic carbocycles. The van der Waals surface area contributed by atoms with Crippen molar-refractivity contribution < 1.29 is 137 Å². The van der Waals surface area contributed by atoms with Crippen LogP contribution in [0, 0.1) is 0 Å². The van der Waals surface area contributed by atoms with E-state index >= 15 is 0 Å². The predicted octanol–water partition coefficient (Wildman–Crippen LogP) is -2.69. The van der Waals surface area contributed by atoms with Crippen LogP contribution in [0.4, 0.5) is 0 Å². The lowest BCUT2D eigenvalue weighted by Gasteiger charge is -2.37. The summed E-state index contributed by atoms with van der Waals surface area (Å²) in [6, 6.07) is 17.3. The number of rotatable bonds is 65. The highest BCUT2D eigenvalue weighted by molar-refractivity contribution is 6.13. The third-order valence-electron chi connectivity index (χ3n) is 22.5. The van der Waals surface area contributed by atoms with Crippen LogP contribution in [0.5, 0.6) is 17.2 Å². The van der Waals surface area contributed by atoms with Gasteiger partial charge < -0.3 is 153 Å². The number of imide groups is 1. The van der Waals surface area contributed by atoms with Crippen molar-refractivity contribution in [1.82, 2.24) is 73.1 Å². The van der Waals surface area contributed by atoms with Crippen LogP contribution in [0.3, 0.4) is 0 Å². The van der Waals surface area contributed by atoms with E-state index in [1.165, 1.54) is 29.2 Å². The van der Waals surface area contributed by atoms with Gasteiger partial charge in [0.25, 0.3) is 29.5 Å². The summed E-state index contributed by atoms with van der Waals surface area (Å²) in [5.41, 5.74) is 12.7. The number of aromatic nitrogens is 3. The molecule has 0 bridgehead atoms. The average Bonchev–Trinajstić information content (AvgIpc) is 1.73. The Morgan fingerprint density at radius 1 is 0.437 bits per heavy atom. The van der Waals surface area contributed by atoms with Crippen LogP contribution in [0.25, 0.3) is 0 Å². The number of nitrogens with two attached hydrogens (primary N) is 2. The standard InChI is InChI=1S/C91H136N16O28/c92-63(45-101-69-54-133-72(48-108)85(121)82(69)118)51-130-66-21-15-18-60(42-66)88(124)98-34-12-9-31-94-76(112)28-39-127-57-91(103-79(115)25-8-6-4-2-1-3-5-7-24-75(111)97-37-38-106-80(116)26-27-81(106)117,58-128-40-29-77(113)95-32-10-13-35-99-89(125)61-19-16-22-67(43-61)131-52-64(93)46-102-70-55-134-73(49-109)86(122)83(70)119)59-129-41-30-78(114)96-33-11-14-36-100-90(126)62-20-17-23-68(44-62)132-53-65-47-107(105-104-65)71-56-135-74(50-110)87(123)84(71)120/h15-23,26-27,42-47,69-74,82-87,101-102,108-110,118-123H,1-14,24-25,28-41,48-59,92-93H2,(H,94,112)(H,95,113)(H,96,114)(H,97,111)(H,98,124)(H,99,125)(H,100,126)(H,103,115)/b63-45-,64-46-/t69-,70-,71-,72+,73+,74+,82+,83+,84+,85-,86-,87-/m0/s1. The molecule has 0 spiro atoms. The number of aliphatic hydroxyl groups is 9. The molecule has 3 saturated heterocycles. The number of nitrogens with one attached hydrogen (secondary N) is 10. The van der Waals surface area contributed by atoms with E-state index in [-0.39, 0.29) is 216 Å². The molecule has 1 aromatic heterocycles. The summed E-state index contributed by atoms with van der Waals surface area (Å²) < 4.78 is 53.6. The number of ether oxygens (including phenoxy) is 9. The van der Waals surface area contributed by atoms with Gasteiger partial charge in [0.1, 0.15) is 109 Å². The molecular formula is C91H136N16O28. The first kappa shape index (κ1) is 109. The molecule has 0 radical (unpaired) electrons. The molecule has 8 rings (SSSR count). The topological polar surface area (TPSA) is 642 Å². The highest BCUT2D eigenvalue weighted by Gasteiger charge is 2.42. The Bertz CT molecular complexity index is 4270. The van der Waals surface area contributed by atoms with Gasteiger partial charge in [-0.1, -0.05) is 61.9 Å². The Morgan fingerprint density at radius 2 is 0.800 bits per heavy atom. The molecule has 4 aliphatic heterocycles. The molecule has 5 heterocycles. The van der Waals surface area contributed by atoms with E-state index < -0.39 is 110 Å². The van der Waals surface area contributed by atoms with E-state index in [4.69, 9.17) is 54.1 Å². The Kier molecular flexibility index (Phi) is 48.9. The van der Waals surface area contributed by atoms with Gasteiger partial charge in [-0.25, -0.2) is 4.68 Å². The largest absolute Gasteiger partial charge is 0.487 e. The second kappa shape index (κ2) is 60.4. The van der Waals surface area contributed by atoms with E-state index in [9.17, 15) is 93.9 Å². The first-order chi connectivity index (χ1) is 65.2. The first-order valence-electron chi connectivity index (χ1n) is 46.0. The van der Waals surface area contributed by atoms with Crippen molar-refractivity contribution in [2.75, 3.05) is 145 Å². The van der Waals surface area contributed by atoms with Crippen molar-refractivity contribution in [2.45, 2.75) is 207 Å². The van der Waals surface area contributed by atoms with E-state index in [1.54, 1.807) is 79.0 Å². The fraction of sp³-hybridized carbons (Fsp3) is 0.604. The van der Waals surface area contributed by atoms with Gasteiger partial charge in [-0.2, -0.15) is 0 Å². The zero-order chi connectivity index (χ0) is 97.1. The van der Waals surface area contributed by atoms with Gasteiger partial charge in [0.2, 0.25) is 29.5 Å². The van der Waals surface area contributed by atoms with Gasteiger partial charge in [-0.05, 0) is 106 Å². The number of hydrogen-bond donors (Lipinski definition) is 21. The molecule has 10 amide bonds. The normalized spacial score (nSPS) is 21.1. The SMILES string of the molecule is N/C(=C\N[C@H]1CO[C@H](CO)[C@H](O)[C@@H]1O)COc1cccc(C(=O)NCCCCNC(=O)CCOCC(COCCC(=O)NCCCCNC(=O)c2cccc(OC/C(N)=C/N[C@H]3CO[C@H](CO)[C@H](O)[C@@H]3O)c2)(COCCC(=O)NCCCCNC(=O)c2cccc(OCc3cn([C@H]4CO[C@H](CO)[C@H](O)[C@@H]4O)nn3)c2)NC(=O)CCCCCCCCCCC(=O)NCCN2C(=O)C=CC2=O)c1. The Hall–Kier alpha value is -11.1. The lowest BCUT2D eigenvalue weighted by Crippen LogP contribution is -2.58. The molecule has 135 heavy (non-hydrogen) atoms. The van der Waals surface area contributed by atoms with Crippen LogP contribution in [-0.4, -0.2) is 342 Å². The minimum Gasteiger partial charge on any atom is -0.487 e. The highest BCUT2D eigenvalue weighted by Crippen LogP contribution is 2.26. The van der Waals surface area contributed by atoms with Gasteiger partial charge in [-0.15, -0.1) is 5.10 Å². The second-order valence-electron chi connectivity index (χ2n) is 33.3. The number of hydrogen-bond acceptors (Lipinski definition) is 34. The molecule has 23 N–H and O–H groups in total. The summed E-state index contributed by atoms with van der Waals surface area (Å²) in [6.45, 7) is -0.641. The van der Waals surface area contributed by atoms with Crippen molar-refractivity contribution in [3.05, 3.63) is 137 Å². The van der Waals surface area contributed by atoms with Gasteiger partial charge in [0, 0.05) is 126 Å². The number of unbranched alkanes of at least 4 members (excludes halogenated alkanes) is 10. The Balaban J connectivity index is 0.798. The van der Waals surface area contributed by atoms with Crippen molar-refractivity contribution in [1.29, 1.82) is 0 Å². The fourth-order valence-corrected chi connectivity index (χ4v) is 14.5. The van der Waals surface area contributed by atoms with E-state index in [0.717, 1.165) is 43.4 Å².